The van der Waals surface area contributed by atoms with Crippen LogP contribution in [0.1, 0.15) is 21.9 Å². The van der Waals surface area contributed by atoms with Crippen LogP contribution in [-0.4, -0.2) is 25.8 Å². The SMILES string of the molecule is Cc1cc(C)n(-c2nc(C(=O)O)cc3ccccc23)n1. The molecule has 0 spiro atoms. The Morgan fingerprint density at radius 1 is 1.20 bits per heavy atom. The Labute approximate surface area is 115 Å². The van der Waals surface area contributed by atoms with E-state index in [9.17, 15) is 9.90 Å². The number of nitrogens with zero attached hydrogens (tertiary/aromatic N) is 3. The molecular weight excluding hydrogens is 254 g/mol. The van der Waals surface area contributed by atoms with Gasteiger partial charge in [-0.25, -0.2) is 14.5 Å². The summed E-state index contributed by atoms with van der Waals surface area (Å²) in [5.74, 6) is -0.496. The molecule has 0 aliphatic rings. The Bertz CT molecular complexity index is 821. The van der Waals surface area contributed by atoms with E-state index < -0.39 is 5.97 Å². The molecule has 0 aliphatic heterocycles. The first-order valence-electron chi connectivity index (χ1n) is 6.23. The van der Waals surface area contributed by atoms with Crippen molar-refractivity contribution in [2.75, 3.05) is 0 Å². The molecule has 0 atom stereocenters. The summed E-state index contributed by atoms with van der Waals surface area (Å²) in [5.41, 5.74) is 1.81. The molecule has 0 saturated carbocycles. The molecule has 2 heterocycles. The molecule has 0 radical (unpaired) electrons. The summed E-state index contributed by atoms with van der Waals surface area (Å²) in [4.78, 5) is 15.5. The van der Waals surface area contributed by atoms with Gasteiger partial charge in [0, 0.05) is 11.1 Å². The molecule has 20 heavy (non-hydrogen) atoms. The van der Waals surface area contributed by atoms with Crippen molar-refractivity contribution in [2.45, 2.75) is 13.8 Å². The number of hydrogen-bond acceptors (Lipinski definition) is 3. The predicted octanol–water partition coefficient (Wildman–Crippen LogP) is 2.74. The van der Waals surface area contributed by atoms with Gasteiger partial charge in [0.15, 0.2) is 11.5 Å². The van der Waals surface area contributed by atoms with E-state index in [1.807, 2.05) is 44.2 Å². The maximum Gasteiger partial charge on any atom is 0.354 e. The van der Waals surface area contributed by atoms with Gasteiger partial charge in [-0.15, -0.1) is 0 Å². The Morgan fingerprint density at radius 2 is 1.95 bits per heavy atom. The molecule has 100 valence electrons. The zero-order chi connectivity index (χ0) is 14.3. The Morgan fingerprint density at radius 3 is 2.60 bits per heavy atom. The maximum atomic E-state index is 11.2. The number of rotatable bonds is 2. The number of carboxylic acids is 1. The predicted molar refractivity (Wildman–Crippen MR) is 75.3 cm³/mol. The summed E-state index contributed by atoms with van der Waals surface area (Å²) in [6.45, 7) is 3.82. The smallest absolute Gasteiger partial charge is 0.354 e. The molecule has 5 nitrogen and oxygen atoms in total. The van der Waals surface area contributed by atoms with Gasteiger partial charge in [-0.05, 0) is 31.4 Å². The molecule has 0 fully saturated rings. The minimum Gasteiger partial charge on any atom is -0.477 e. The molecule has 0 amide bonds. The highest BCUT2D eigenvalue weighted by Crippen LogP contribution is 2.22. The number of carboxylic acid groups (broad SMARTS) is 1. The fourth-order valence-electron chi connectivity index (χ4n) is 2.29. The third-order valence-corrected chi connectivity index (χ3v) is 3.15. The Kier molecular flexibility index (Phi) is 2.75. The van der Waals surface area contributed by atoms with Gasteiger partial charge < -0.3 is 5.11 Å². The summed E-state index contributed by atoms with van der Waals surface area (Å²) < 4.78 is 1.68. The third-order valence-electron chi connectivity index (χ3n) is 3.15. The van der Waals surface area contributed by atoms with Crippen LogP contribution in [0.3, 0.4) is 0 Å². The number of aromatic carboxylic acids is 1. The van der Waals surface area contributed by atoms with Crippen molar-refractivity contribution in [3.05, 3.63) is 53.5 Å². The highest BCUT2D eigenvalue weighted by molar-refractivity contribution is 5.95. The molecule has 1 N–H and O–H groups in total. The first-order chi connectivity index (χ1) is 9.56. The van der Waals surface area contributed by atoms with Crippen LogP contribution in [0.4, 0.5) is 0 Å². The fourth-order valence-corrected chi connectivity index (χ4v) is 2.29. The zero-order valence-electron chi connectivity index (χ0n) is 11.2. The molecule has 5 heteroatoms. The van der Waals surface area contributed by atoms with E-state index in [1.54, 1.807) is 10.7 Å². The number of carbonyl (C=O) groups is 1. The van der Waals surface area contributed by atoms with Crippen molar-refractivity contribution in [3.63, 3.8) is 0 Å². The lowest BCUT2D eigenvalue weighted by molar-refractivity contribution is 0.0690. The normalized spacial score (nSPS) is 10.9. The molecule has 0 saturated heterocycles. The standard InChI is InChI=1S/C15H13N3O2/c1-9-7-10(2)18(17-9)14-12-6-4-3-5-11(12)8-13(16-14)15(19)20/h3-8H,1-2H3,(H,19,20). The van der Waals surface area contributed by atoms with Gasteiger partial charge >= 0.3 is 5.97 Å². The molecule has 3 aromatic rings. The average Bonchev–Trinajstić information content (AvgIpc) is 2.76. The highest BCUT2D eigenvalue weighted by Gasteiger charge is 2.14. The van der Waals surface area contributed by atoms with Gasteiger partial charge in [0.1, 0.15) is 0 Å². The minimum absolute atomic E-state index is 0.0197. The van der Waals surface area contributed by atoms with E-state index in [2.05, 4.69) is 10.1 Å². The van der Waals surface area contributed by atoms with Crippen LogP contribution < -0.4 is 0 Å². The highest BCUT2D eigenvalue weighted by atomic mass is 16.4. The van der Waals surface area contributed by atoms with Crippen molar-refractivity contribution in [3.8, 4) is 5.82 Å². The van der Waals surface area contributed by atoms with E-state index in [0.29, 0.717) is 5.82 Å². The molecular formula is C15H13N3O2. The van der Waals surface area contributed by atoms with E-state index in [-0.39, 0.29) is 5.69 Å². The average molecular weight is 267 g/mol. The van der Waals surface area contributed by atoms with Gasteiger partial charge in [0.05, 0.1) is 5.69 Å². The molecule has 3 rings (SSSR count). The molecule has 2 aromatic heterocycles. The van der Waals surface area contributed by atoms with Crippen LogP contribution in [-0.2, 0) is 0 Å². The van der Waals surface area contributed by atoms with E-state index in [0.717, 1.165) is 22.2 Å². The van der Waals surface area contributed by atoms with Crippen molar-refractivity contribution in [1.82, 2.24) is 14.8 Å². The lowest BCUT2D eigenvalue weighted by atomic mass is 10.1. The van der Waals surface area contributed by atoms with Gasteiger partial charge in [0.25, 0.3) is 0 Å². The number of benzene rings is 1. The third kappa shape index (κ3) is 1.93. The van der Waals surface area contributed by atoms with Gasteiger partial charge in [-0.2, -0.15) is 5.10 Å². The second-order valence-electron chi connectivity index (χ2n) is 4.70. The Balaban J connectivity index is 2.38. The number of pyridine rings is 1. The minimum atomic E-state index is -1.04. The lowest BCUT2D eigenvalue weighted by Crippen LogP contribution is -2.08. The molecule has 1 aromatic carbocycles. The zero-order valence-corrected chi connectivity index (χ0v) is 11.2. The monoisotopic (exact) mass is 267 g/mol. The first-order valence-corrected chi connectivity index (χ1v) is 6.23. The van der Waals surface area contributed by atoms with Crippen LogP contribution in [0, 0.1) is 13.8 Å². The van der Waals surface area contributed by atoms with Crippen LogP contribution >= 0.6 is 0 Å². The summed E-state index contributed by atoms with van der Waals surface area (Å²) in [7, 11) is 0. The topological polar surface area (TPSA) is 68.0 Å². The van der Waals surface area contributed by atoms with Gasteiger partial charge in [0.2, 0.25) is 0 Å². The maximum absolute atomic E-state index is 11.2. The summed E-state index contributed by atoms with van der Waals surface area (Å²) in [6.07, 6.45) is 0. The van der Waals surface area contributed by atoms with Crippen molar-refractivity contribution >= 4 is 16.7 Å². The number of hydrogen-bond donors (Lipinski definition) is 1. The second-order valence-corrected chi connectivity index (χ2v) is 4.70. The number of aryl methyl sites for hydroxylation is 2. The quantitative estimate of drug-likeness (QED) is 0.775. The summed E-state index contributed by atoms with van der Waals surface area (Å²) >= 11 is 0. The largest absolute Gasteiger partial charge is 0.477 e. The lowest BCUT2D eigenvalue weighted by Gasteiger charge is -2.09. The molecule has 0 unspecified atom stereocenters. The van der Waals surface area contributed by atoms with E-state index in [1.165, 1.54) is 0 Å². The molecule has 0 aliphatic carbocycles. The second kappa shape index (κ2) is 4.45. The van der Waals surface area contributed by atoms with Gasteiger partial charge in [-0.1, -0.05) is 24.3 Å². The van der Waals surface area contributed by atoms with E-state index in [4.69, 9.17) is 0 Å². The van der Waals surface area contributed by atoms with Crippen molar-refractivity contribution < 1.29 is 9.90 Å². The van der Waals surface area contributed by atoms with Crippen LogP contribution in [0.5, 0.6) is 0 Å². The Hall–Kier alpha value is -2.69. The summed E-state index contributed by atoms with van der Waals surface area (Å²) in [6, 6.07) is 11.1. The number of aromatic nitrogens is 3. The van der Waals surface area contributed by atoms with Crippen LogP contribution in [0.25, 0.3) is 16.6 Å². The van der Waals surface area contributed by atoms with Crippen molar-refractivity contribution in [1.29, 1.82) is 0 Å². The fraction of sp³-hybridized carbons (Fsp3) is 0.133. The number of fused-ring (bicyclic) bond motifs is 1. The van der Waals surface area contributed by atoms with Crippen LogP contribution in [0.15, 0.2) is 36.4 Å². The van der Waals surface area contributed by atoms with E-state index >= 15 is 0 Å². The first kappa shape index (κ1) is 12.3. The molecule has 0 bridgehead atoms. The summed E-state index contributed by atoms with van der Waals surface area (Å²) in [5, 5.41) is 15.3. The van der Waals surface area contributed by atoms with Gasteiger partial charge in [-0.3, -0.25) is 0 Å². The van der Waals surface area contributed by atoms with Crippen molar-refractivity contribution in [2.24, 2.45) is 0 Å². The van der Waals surface area contributed by atoms with Crippen LogP contribution in [0.2, 0.25) is 0 Å².